The van der Waals surface area contributed by atoms with Crippen molar-refractivity contribution in [2.75, 3.05) is 10.7 Å². The predicted octanol–water partition coefficient (Wildman–Crippen LogP) is 3.82. The van der Waals surface area contributed by atoms with Crippen LogP contribution in [0.5, 0.6) is 0 Å². The van der Waals surface area contributed by atoms with Gasteiger partial charge in [-0.2, -0.15) is 0 Å². The Kier molecular flexibility index (Phi) is 4.04. The highest BCUT2D eigenvalue weighted by molar-refractivity contribution is 8.00. The van der Waals surface area contributed by atoms with E-state index in [-0.39, 0.29) is 17.3 Å². The molecule has 3 rings (SSSR count). The third-order valence-corrected chi connectivity index (χ3v) is 4.88. The summed E-state index contributed by atoms with van der Waals surface area (Å²) in [6.45, 7) is 1.80. The van der Waals surface area contributed by atoms with Crippen molar-refractivity contribution in [1.82, 2.24) is 0 Å². The molecule has 0 aromatic heterocycles. The van der Waals surface area contributed by atoms with E-state index in [0.29, 0.717) is 11.3 Å². The summed E-state index contributed by atoms with van der Waals surface area (Å²) < 4.78 is 13.6. The molecule has 0 spiro atoms. The molecule has 23 heavy (non-hydrogen) atoms. The maximum absolute atomic E-state index is 13.6. The van der Waals surface area contributed by atoms with Crippen LogP contribution in [-0.4, -0.2) is 16.6 Å². The van der Waals surface area contributed by atoms with Gasteiger partial charge in [0, 0.05) is 12.1 Å². The molecule has 1 heterocycles. The quantitative estimate of drug-likeness (QED) is 0.633. The van der Waals surface area contributed by atoms with Gasteiger partial charge in [0.05, 0.1) is 16.4 Å². The molecule has 1 fully saturated rings. The molecule has 1 aliphatic heterocycles. The van der Waals surface area contributed by atoms with Crippen LogP contribution in [0.1, 0.15) is 16.5 Å². The lowest BCUT2D eigenvalue weighted by molar-refractivity contribution is -0.384. The van der Waals surface area contributed by atoms with Gasteiger partial charge in [-0.05, 0) is 30.2 Å². The lowest BCUT2D eigenvalue weighted by Crippen LogP contribution is -2.28. The van der Waals surface area contributed by atoms with Crippen molar-refractivity contribution in [2.45, 2.75) is 12.3 Å². The molecule has 0 unspecified atom stereocenters. The summed E-state index contributed by atoms with van der Waals surface area (Å²) in [7, 11) is 0. The fourth-order valence-corrected chi connectivity index (χ4v) is 3.72. The van der Waals surface area contributed by atoms with Gasteiger partial charge in [-0.25, -0.2) is 4.39 Å². The SMILES string of the molecule is Cc1ccc(F)cc1N1C(=O)CS[C@@H]1c1cccc([N+](=O)[O-])c1. The highest BCUT2D eigenvalue weighted by Crippen LogP contribution is 2.43. The van der Waals surface area contributed by atoms with Crippen LogP contribution in [0.15, 0.2) is 42.5 Å². The van der Waals surface area contributed by atoms with Crippen LogP contribution in [0.25, 0.3) is 0 Å². The van der Waals surface area contributed by atoms with Crippen molar-refractivity contribution in [2.24, 2.45) is 0 Å². The fraction of sp³-hybridized carbons (Fsp3) is 0.188. The second-order valence-electron chi connectivity index (χ2n) is 5.21. The monoisotopic (exact) mass is 332 g/mol. The molecule has 1 atom stereocenters. The normalized spacial score (nSPS) is 17.6. The number of amides is 1. The minimum absolute atomic E-state index is 0.0293. The smallest absolute Gasteiger partial charge is 0.269 e. The van der Waals surface area contributed by atoms with Gasteiger partial charge in [0.1, 0.15) is 11.2 Å². The number of non-ortho nitro benzene ring substituents is 1. The predicted molar refractivity (Wildman–Crippen MR) is 86.9 cm³/mol. The number of rotatable bonds is 3. The number of nitro groups is 1. The molecule has 0 saturated carbocycles. The van der Waals surface area contributed by atoms with Crippen LogP contribution in [-0.2, 0) is 4.79 Å². The summed E-state index contributed by atoms with van der Waals surface area (Å²) in [5.74, 6) is -0.308. The van der Waals surface area contributed by atoms with Gasteiger partial charge in [0.2, 0.25) is 5.91 Å². The van der Waals surface area contributed by atoms with Gasteiger partial charge in [-0.15, -0.1) is 11.8 Å². The Balaban J connectivity index is 2.05. The molecular weight excluding hydrogens is 319 g/mol. The average Bonchev–Trinajstić information content (AvgIpc) is 2.91. The van der Waals surface area contributed by atoms with Gasteiger partial charge >= 0.3 is 0 Å². The van der Waals surface area contributed by atoms with E-state index in [2.05, 4.69) is 0 Å². The number of hydrogen-bond acceptors (Lipinski definition) is 4. The molecule has 1 aliphatic rings. The number of halogens is 1. The summed E-state index contributed by atoms with van der Waals surface area (Å²) in [4.78, 5) is 24.3. The first kappa shape index (κ1) is 15.5. The van der Waals surface area contributed by atoms with Crippen molar-refractivity contribution in [3.8, 4) is 0 Å². The first-order valence-electron chi connectivity index (χ1n) is 6.91. The molecule has 5 nitrogen and oxygen atoms in total. The molecule has 0 aliphatic carbocycles. The molecule has 1 amide bonds. The lowest BCUT2D eigenvalue weighted by atomic mass is 10.1. The second-order valence-corrected chi connectivity index (χ2v) is 6.28. The van der Waals surface area contributed by atoms with E-state index in [9.17, 15) is 19.3 Å². The number of carbonyl (C=O) groups excluding carboxylic acids is 1. The number of hydrogen-bond donors (Lipinski definition) is 0. The third kappa shape index (κ3) is 2.92. The van der Waals surface area contributed by atoms with E-state index >= 15 is 0 Å². The Hall–Kier alpha value is -2.41. The maximum Gasteiger partial charge on any atom is 0.269 e. The van der Waals surface area contributed by atoms with Crippen molar-refractivity contribution in [3.05, 3.63) is 69.5 Å². The van der Waals surface area contributed by atoms with E-state index in [1.807, 2.05) is 0 Å². The summed E-state index contributed by atoms with van der Waals surface area (Å²) in [6.07, 6.45) is 0. The zero-order valence-corrected chi connectivity index (χ0v) is 13.0. The van der Waals surface area contributed by atoms with Gasteiger partial charge in [0.15, 0.2) is 0 Å². The number of carbonyl (C=O) groups is 1. The minimum Gasteiger partial charge on any atom is -0.295 e. The molecule has 2 aromatic carbocycles. The zero-order chi connectivity index (χ0) is 16.6. The fourth-order valence-electron chi connectivity index (χ4n) is 2.57. The number of nitrogens with zero attached hydrogens (tertiary/aromatic N) is 2. The first-order chi connectivity index (χ1) is 11.0. The van der Waals surface area contributed by atoms with Crippen LogP contribution >= 0.6 is 11.8 Å². The minimum atomic E-state index is -0.470. The van der Waals surface area contributed by atoms with Gasteiger partial charge in [-0.3, -0.25) is 19.8 Å². The second kappa shape index (κ2) is 6.00. The Bertz CT molecular complexity index is 797. The Labute approximate surface area is 136 Å². The number of aryl methyl sites for hydroxylation is 1. The maximum atomic E-state index is 13.6. The Morgan fingerprint density at radius 1 is 1.30 bits per heavy atom. The van der Waals surface area contributed by atoms with E-state index in [1.54, 1.807) is 25.1 Å². The number of benzene rings is 2. The number of nitro benzene ring substituents is 1. The third-order valence-electron chi connectivity index (χ3n) is 3.66. The molecule has 1 saturated heterocycles. The molecule has 0 N–H and O–H groups in total. The number of thioether (sulfide) groups is 1. The van der Waals surface area contributed by atoms with Crippen LogP contribution < -0.4 is 4.90 Å². The van der Waals surface area contributed by atoms with E-state index < -0.39 is 16.1 Å². The van der Waals surface area contributed by atoms with Crippen LogP contribution in [0, 0.1) is 22.9 Å². The molecule has 2 aromatic rings. The molecule has 0 bridgehead atoms. The zero-order valence-electron chi connectivity index (χ0n) is 12.2. The highest BCUT2D eigenvalue weighted by atomic mass is 32.2. The van der Waals surface area contributed by atoms with E-state index in [1.165, 1.54) is 40.9 Å². The van der Waals surface area contributed by atoms with Crippen molar-refractivity contribution in [3.63, 3.8) is 0 Å². The topological polar surface area (TPSA) is 63.5 Å². The van der Waals surface area contributed by atoms with Crippen LogP contribution in [0.3, 0.4) is 0 Å². The first-order valence-corrected chi connectivity index (χ1v) is 7.96. The molecular formula is C16H13FN2O3S. The molecule has 7 heteroatoms. The summed E-state index contributed by atoms with van der Waals surface area (Å²) in [6, 6.07) is 10.5. The Morgan fingerprint density at radius 3 is 2.83 bits per heavy atom. The average molecular weight is 332 g/mol. The standard InChI is InChI=1S/C16H13FN2O3S/c1-10-5-6-12(17)8-14(10)18-15(20)9-23-16(18)11-3-2-4-13(7-11)19(21)22/h2-8,16H,9H2,1H3/t16-/m1/s1. The number of anilines is 1. The van der Waals surface area contributed by atoms with Crippen molar-refractivity contribution in [1.29, 1.82) is 0 Å². The van der Waals surface area contributed by atoms with Gasteiger partial charge < -0.3 is 0 Å². The summed E-state index contributed by atoms with van der Waals surface area (Å²) in [5, 5.41) is 10.6. The molecule has 0 radical (unpaired) electrons. The summed E-state index contributed by atoms with van der Waals surface area (Å²) >= 11 is 1.37. The van der Waals surface area contributed by atoms with Crippen molar-refractivity contribution >= 4 is 29.0 Å². The van der Waals surface area contributed by atoms with Gasteiger partial charge in [0.25, 0.3) is 5.69 Å². The highest BCUT2D eigenvalue weighted by Gasteiger charge is 2.35. The van der Waals surface area contributed by atoms with Gasteiger partial charge in [-0.1, -0.05) is 18.2 Å². The van der Waals surface area contributed by atoms with E-state index in [0.717, 1.165) is 5.56 Å². The largest absolute Gasteiger partial charge is 0.295 e. The van der Waals surface area contributed by atoms with E-state index in [4.69, 9.17) is 0 Å². The lowest BCUT2D eigenvalue weighted by Gasteiger charge is -2.25. The van der Waals surface area contributed by atoms with Crippen molar-refractivity contribution < 1.29 is 14.1 Å². The Morgan fingerprint density at radius 2 is 2.09 bits per heavy atom. The van der Waals surface area contributed by atoms with Crippen LogP contribution in [0.2, 0.25) is 0 Å². The molecule has 118 valence electrons. The summed E-state index contributed by atoms with van der Waals surface area (Å²) in [5.41, 5.74) is 1.89. The van der Waals surface area contributed by atoms with Crippen LogP contribution in [0.4, 0.5) is 15.8 Å².